The Kier molecular flexibility index (Phi) is 8.69. The minimum atomic E-state index is -0.113. The van der Waals surface area contributed by atoms with Gasteiger partial charge < -0.3 is 0 Å². The van der Waals surface area contributed by atoms with Gasteiger partial charge in [0.2, 0.25) is 0 Å². The van der Waals surface area contributed by atoms with Crippen molar-refractivity contribution in [3.05, 3.63) is 241 Å². The quantitative estimate of drug-likeness (QED) is 0.167. The molecule has 63 heavy (non-hydrogen) atoms. The number of rotatable bonds is 6. The first kappa shape index (κ1) is 37.1. The first-order valence-corrected chi connectivity index (χ1v) is 22.1. The number of fused-ring (bicyclic) bond motifs is 7. The van der Waals surface area contributed by atoms with Crippen LogP contribution in [0.25, 0.3) is 88.8 Å². The monoisotopic (exact) mass is 804 g/mol. The summed E-state index contributed by atoms with van der Waals surface area (Å²) in [6.45, 7) is 4.80. The van der Waals surface area contributed by atoms with Gasteiger partial charge in [0.25, 0.3) is 0 Å². The molecule has 0 saturated heterocycles. The van der Waals surface area contributed by atoms with Crippen molar-refractivity contribution in [1.29, 1.82) is 0 Å². The fourth-order valence-corrected chi connectivity index (χ4v) is 10.7. The van der Waals surface area contributed by atoms with E-state index in [-0.39, 0.29) is 17.3 Å². The van der Waals surface area contributed by atoms with Crippen molar-refractivity contribution in [1.82, 2.24) is 9.97 Å². The summed E-state index contributed by atoms with van der Waals surface area (Å²) in [6, 6.07) is 65.8. The summed E-state index contributed by atoms with van der Waals surface area (Å²) in [6.07, 6.45) is 14.0. The second kappa shape index (κ2) is 14.8. The van der Waals surface area contributed by atoms with E-state index in [2.05, 4.69) is 226 Å². The average Bonchev–Trinajstić information content (AvgIpc) is 3.59. The summed E-state index contributed by atoms with van der Waals surface area (Å²) in [5.74, 6) is 1.11. The average molecular weight is 805 g/mol. The van der Waals surface area contributed by atoms with E-state index in [0.717, 1.165) is 39.2 Å². The molecule has 0 radical (unpaired) electrons. The molecule has 0 aliphatic heterocycles. The van der Waals surface area contributed by atoms with E-state index in [1.165, 1.54) is 66.1 Å². The Labute approximate surface area is 369 Å². The second-order valence-electron chi connectivity index (χ2n) is 17.6. The van der Waals surface area contributed by atoms with Crippen molar-refractivity contribution in [2.45, 2.75) is 19.3 Å². The summed E-state index contributed by atoms with van der Waals surface area (Å²) >= 11 is 0. The minimum Gasteiger partial charge on any atom is -0.228 e. The lowest BCUT2D eigenvalue weighted by molar-refractivity contribution is 0.664. The van der Waals surface area contributed by atoms with Crippen molar-refractivity contribution < 1.29 is 0 Å². The fourth-order valence-electron chi connectivity index (χ4n) is 10.7. The molecule has 0 N–H and O–H groups in total. The Morgan fingerprint density at radius 2 is 0.952 bits per heavy atom. The zero-order valence-electron chi connectivity index (χ0n) is 35.3. The molecule has 0 amide bonds. The summed E-state index contributed by atoms with van der Waals surface area (Å²) in [5.41, 5.74) is 17.9. The standard InChI is InChI=1S/C61H44N2/c1-61(2)56-37-42(30-31-52(56)55-32-29-40-19-9-10-23-45(40)59(55)61)44-33-34-50(47-25-13-12-24-46(44)47)51-35-36-54(49-27-15-14-26-48(49)51)58-38-57(62-60(63-58)41-20-7-4-8-21-41)53-28-16-11-22-43(53)39-17-5-3-6-18-39/h3-38,46-47H,1-2H3. The highest BCUT2D eigenvalue weighted by Crippen LogP contribution is 2.53. The molecule has 0 saturated carbocycles. The zero-order valence-corrected chi connectivity index (χ0v) is 35.3. The molecule has 1 aromatic heterocycles. The van der Waals surface area contributed by atoms with Crippen LogP contribution >= 0.6 is 0 Å². The molecule has 2 nitrogen and oxygen atoms in total. The molecule has 9 aromatic rings. The van der Waals surface area contributed by atoms with Crippen LogP contribution in [0.2, 0.25) is 0 Å². The van der Waals surface area contributed by atoms with Gasteiger partial charge in [-0.15, -0.1) is 0 Å². The van der Waals surface area contributed by atoms with Crippen LogP contribution in [0.4, 0.5) is 0 Å². The Morgan fingerprint density at radius 3 is 1.71 bits per heavy atom. The van der Waals surface area contributed by atoms with Gasteiger partial charge in [0.15, 0.2) is 5.82 Å². The van der Waals surface area contributed by atoms with Crippen LogP contribution in [-0.2, 0) is 5.41 Å². The summed E-state index contributed by atoms with van der Waals surface area (Å²) in [4.78, 5) is 10.6. The molecule has 3 aliphatic rings. The van der Waals surface area contributed by atoms with E-state index in [4.69, 9.17) is 9.97 Å². The first-order valence-electron chi connectivity index (χ1n) is 22.1. The van der Waals surface area contributed by atoms with Gasteiger partial charge in [-0.25, -0.2) is 9.97 Å². The Morgan fingerprint density at radius 1 is 0.397 bits per heavy atom. The predicted molar refractivity (Wildman–Crippen MR) is 264 cm³/mol. The van der Waals surface area contributed by atoms with Crippen LogP contribution in [0.3, 0.4) is 0 Å². The van der Waals surface area contributed by atoms with Gasteiger partial charge in [-0.2, -0.15) is 0 Å². The van der Waals surface area contributed by atoms with Crippen molar-refractivity contribution >= 4 is 32.7 Å². The van der Waals surface area contributed by atoms with Crippen molar-refractivity contribution in [2.75, 3.05) is 0 Å². The molecule has 3 aliphatic carbocycles. The molecule has 0 bridgehead atoms. The van der Waals surface area contributed by atoms with Crippen LogP contribution in [0.15, 0.2) is 218 Å². The maximum atomic E-state index is 5.31. The Bertz CT molecular complexity index is 3420. The fraction of sp³-hybridized carbons (Fsp3) is 0.0820. The lowest BCUT2D eigenvalue weighted by atomic mass is 9.70. The first-order chi connectivity index (χ1) is 31.0. The number of benzene rings is 8. The highest BCUT2D eigenvalue weighted by Gasteiger charge is 2.38. The third-order valence-electron chi connectivity index (χ3n) is 13.7. The van der Waals surface area contributed by atoms with Gasteiger partial charge in [-0.05, 0) is 89.3 Å². The van der Waals surface area contributed by atoms with Crippen LogP contribution in [0.1, 0.15) is 36.1 Å². The topological polar surface area (TPSA) is 25.8 Å². The molecule has 0 spiro atoms. The lowest BCUT2D eigenvalue weighted by Gasteiger charge is -2.33. The number of allylic oxidation sites excluding steroid dienone is 8. The molecular weight excluding hydrogens is 761 g/mol. The van der Waals surface area contributed by atoms with Crippen molar-refractivity contribution in [3.63, 3.8) is 0 Å². The highest BCUT2D eigenvalue weighted by molar-refractivity contribution is 6.04. The van der Waals surface area contributed by atoms with E-state index < -0.39 is 0 Å². The predicted octanol–water partition coefficient (Wildman–Crippen LogP) is 15.6. The molecule has 8 aromatic carbocycles. The van der Waals surface area contributed by atoms with E-state index in [1.807, 2.05) is 6.07 Å². The SMILES string of the molecule is CC1(C)c2cc(C3=CC=C(c4ccc(-c5cc(-c6ccccc6-c6ccccc6)nc(-c6ccccc6)n5)c5ccccc45)C4C=CC=CC34)ccc2-c2ccc3ccccc3c21. The van der Waals surface area contributed by atoms with E-state index >= 15 is 0 Å². The lowest BCUT2D eigenvalue weighted by Crippen LogP contribution is -2.20. The number of nitrogens with zero attached hydrogens (tertiary/aromatic N) is 2. The third-order valence-corrected chi connectivity index (χ3v) is 13.7. The van der Waals surface area contributed by atoms with Crippen molar-refractivity contribution in [3.8, 4) is 56.2 Å². The summed E-state index contributed by atoms with van der Waals surface area (Å²) in [5, 5.41) is 5.04. The number of aromatic nitrogens is 2. The normalized spacial score (nSPS) is 16.9. The largest absolute Gasteiger partial charge is 0.228 e. The number of hydrogen-bond donors (Lipinski definition) is 0. The molecule has 298 valence electrons. The molecule has 2 atom stereocenters. The minimum absolute atomic E-state index is 0.113. The van der Waals surface area contributed by atoms with Gasteiger partial charge in [-0.1, -0.05) is 220 Å². The van der Waals surface area contributed by atoms with Gasteiger partial charge in [0.05, 0.1) is 11.4 Å². The molecule has 2 heteroatoms. The maximum Gasteiger partial charge on any atom is 0.160 e. The summed E-state index contributed by atoms with van der Waals surface area (Å²) in [7, 11) is 0. The van der Waals surface area contributed by atoms with Crippen molar-refractivity contribution in [2.24, 2.45) is 11.8 Å². The van der Waals surface area contributed by atoms with Crippen LogP contribution in [0, 0.1) is 11.8 Å². The van der Waals surface area contributed by atoms with Gasteiger partial charge >= 0.3 is 0 Å². The van der Waals surface area contributed by atoms with Crippen LogP contribution in [-0.4, -0.2) is 9.97 Å². The smallest absolute Gasteiger partial charge is 0.160 e. The van der Waals surface area contributed by atoms with E-state index in [9.17, 15) is 0 Å². The number of hydrogen-bond acceptors (Lipinski definition) is 2. The Hall–Kier alpha value is -7.68. The third kappa shape index (κ3) is 6.09. The maximum absolute atomic E-state index is 5.31. The Balaban J connectivity index is 0.975. The zero-order chi connectivity index (χ0) is 42.1. The molecule has 2 unspecified atom stereocenters. The van der Waals surface area contributed by atoms with Gasteiger partial charge in [-0.3, -0.25) is 0 Å². The molecule has 12 rings (SSSR count). The van der Waals surface area contributed by atoms with E-state index in [0.29, 0.717) is 5.82 Å². The molecule has 0 fully saturated rings. The second-order valence-corrected chi connectivity index (χ2v) is 17.6. The molecule has 1 heterocycles. The van der Waals surface area contributed by atoms with Gasteiger partial charge in [0.1, 0.15) is 0 Å². The van der Waals surface area contributed by atoms with Crippen LogP contribution < -0.4 is 0 Å². The van der Waals surface area contributed by atoms with E-state index in [1.54, 1.807) is 0 Å². The van der Waals surface area contributed by atoms with Gasteiger partial charge in [0, 0.05) is 33.9 Å². The summed E-state index contributed by atoms with van der Waals surface area (Å²) < 4.78 is 0. The highest BCUT2D eigenvalue weighted by atomic mass is 14.9. The van der Waals surface area contributed by atoms with Crippen LogP contribution in [0.5, 0.6) is 0 Å². The molecular formula is C61H44N2.